The maximum absolute atomic E-state index is 8.56. The summed E-state index contributed by atoms with van der Waals surface area (Å²) in [5.41, 5.74) is 16.2. The van der Waals surface area contributed by atoms with E-state index in [9.17, 15) is 0 Å². The number of hydrogen-bond donors (Lipinski definition) is 6. The fraction of sp³-hybridized carbons (Fsp3) is 0.250. The van der Waals surface area contributed by atoms with Crippen LogP contribution in [-0.4, -0.2) is 97.2 Å². The van der Waals surface area contributed by atoms with Gasteiger partial charge in [0.1, 0.15) is 0 Å². The van der Waals surface area contributed by atoms with Gasteiger partial charge in [0.25, 0.3) is 0 Å². The quantitative estimate of drug-likeness (QED) is 0.0598. The first-order chi connectivity index (χ1) is 40.4. The first kappa shape index (κ1) is 76.6. The van der Waals surface area contributed by atoms with Crippen molar-refractivity contribution in [3.05, 3.63) is 242 Å². The summed E-state index contributed by atoms with van der Waals surface area (Å²) in [6.45, 7) is 15.9. The van der Waals surface area contributed by atoms with Crippen molar-refractivity contribution in [3.63, 3.8) is 0 Å². The summed E-state index contributed by atoms with van der Waals surface area (Å²) in [4.78, 5) is 28.2. The van der Waals surface area contributed by atoms with E-state index in [0.29, 0.717) is 19.3 Å². The van der Waals surface area contributed by atoms with Crippen LogP contribution in [0.4, 0.5) is 0 Å². The molecule has 3 heterocycles. The molecule has 0 saturated heterocycles. The molecule has 12 nitrogen and oxygen atoms in total. The molecule has 0 fully saturated rings. The Morgan fingerprint density at radius 1 is 0.310 bits per heavy atom. The minimum Gasteiger partial charge on any atom is -0.393 e. The Labute approximate surface area is 556 Å². The Hall–Kier alpha value is -6.47. The van der Waals surface area contributed by atoms with Crippen LogP contribution in [0, 0.1) is 39.0 Å². The van der Waals surface area contributed by atoms with Gasteiger partial charge < -0.3 is 40.6 Å². The number of aryl methyl sites for hydroxylation is 3. The van der Waals surface area contributed by atoms with Crippen molar-refractivity contribution < 1.29 is 91.9 Å². The summed E-state index contributed by atoms with van der Waals surface area (Å²) in [6, 6.07) is 73.7. The van der Waals surface area contributed by atoms with Crippen LogP contribution in [-0.2, 0) is 61.3 Å². The molecule has 0 aliphatic rings. The van der Waals surface area contributed by atoms with Gasteiger partial charge in [-0.1, -0.05) is 121 Å². The summed E-state index contributed by atoms with van der Waals surface area (Å²) in [5.74, 6) is 0. The monoisotopic (exact) mass is 1700 g/mol. The molecule has 0 spiro atoms. The van der Waals surface area contributed by atoms with Gasteiger partial charge in [-0.05, 0) is 87.1 Å². The van der Waals surface area contributed by atoms with Gasteiger partial charge in [-0.3, -0.25) is 19.9 Å². The predicted molar refractivity (Wildman–Crippen MR) is 339 cm³/mol. The molecule has 7 aromatic carbocycles. The van der Waals surface area contributed by atoms with E-state index in [1.165, 1.54) is 0 Å². The van der Waals surface area contributed by atoms with Gasteiger partial charge in [-0.2, -0.15) is 0 Å². The fourth-order valence-electron chi connectivity index (χ4n) is 8.46. The van der Waals surface area contributed by atoms with Crippen molar-refractivity contribution >= 4 is 0 Å². The molecule has 2 radical (unpaired) electrons. The number of aliphatic hydroxyl groups excluding tert-OH is 6. The van der Waals surface area contributed by atoms with Gasteiger partial charge in [0, 0.05) is 119 Å². The Morgan fingerprint density at radius 3 is 0.920 bits per heavy atom. The predicted octanol–water partition coefficient (Wildman–Crippen LogP) is 13.8. The average Bonchev–Trinajstić information content (AvgIpc) is 1.40. The van der Waals surface area contributed by atoms with Gasteiger partial charge in [0.2, 0.25) is 0 Å². The summed E-state index contributed by atoms with van der Waals surface area (Å²) >= 11 is 0. The minimum absolute atomic E-state index is 0. The normalized spacial score (nSPS) is 12.1. The standard InChI is InChI=1S/C22H15N2.C18H15N2.C17H13N2.3C5H12O2.2Ir.Pt/c1-4-10-17(11-5-1)20-16-23-21(18-12-6-2-7-13-18)22(24-20)19-14-8-3-9-15-19;1-13-17(15-9-5-3-6-10-15)20-14(2)18(19-13)16-11-7-4-8-12-16;1-13-17(15-10-6-3-7-11-15)18-12-16(19-13)14-8-4-2-5-9-14;3*1-4(6)3-5(2)7;;;/h1-12,14-16H;3-11H,1-2H3;2-10,12H,1H3;3*4-7H,3H2,1-2H3;;;/q3*-1;;;;;;. The van der Waals surface area contributed by atoms with E-state index in [1.807, 2.05) is 203 Å². The second-order valence-electron chi connectivity index (χ2n) is 20.3. The van der Waals surface area contributed by atoms with Crippen molar-refractivity contribution in [1.82, 2.24) is 29.9 Å². The third-order valence-electron chi connectivity index (χ3n) is 12.1. The van der Waals surface area contributed by atoms with Crippen LogP contribution in [0.5, 0.6) is 0 Å². The number of aromatic nitrogens is 6. The summed E-state index contributed by atoms with van der Waals surface area (Å²) in [6.07, 6.45) is 2.82. The van der Waals surface area contributed by atoms with Crippen molar-refractivity contribution in [1.29, 1.82) is 0 Å². The molecular weight excluding hydrogens is 1620 g/mol. The number of rotatable bonds is 13. The molecule has 0 aliphatic heterocycles. The molecule has 10 rings (SSSR count). The van der Waals surface area contributed by atoms with E-state index in [2.05, 4.69) is 52.4 Å². The van der Waals surface area contributed by atoms with Crippen molar-refractivity contribution in [2.75, 3.05) is 0 Å². The van der Waals surface area contributed by atoms with E-state index in [1.54, 1.807) is 41.5 Å². The Kier molecular flexibility index (Phi) is 36.7. The molecule has 6 unspecified atom stereocenters. The molecule has 0 aliphatic carbocycles. The molecule has 0 saturated carbocycles. The average molecular weight is 1700 g/mol. The molecule has 6 N–H and O–H groups in total. The van der Waals surface area contributed by atoms with Gasteiger partial charge >= 0.3 is 0 Å². The van der Waals surface area contributed by atoms with Crippen LogP contribution >= 0.6 is 0 Å². The number of benzene rings is 7. The van der Waals surface area contributed by atoms with Crippen LogP contribution in [0.25, 0.3) is 78.8 Å². The van der Waals surface area contributed by atoms with Crippen LogP contribution in [0.15, 0.2) is 207 Å². The van der Waals surface area contributed by atoms with E-state index < -0.39 is 0 Å². The van der Waals surface area contributed by atoms with Gasteiger partial charge in [0.15, 0.2) is 0 Å². The van der Waals surface area contributed by atoms with E-state index in [0.717, 1.165) is 95.9 Å². The Bertz CT molecular complexity index is 3300. The molecule has 6 atom stereocenters. The maximum Gasteiger partial charge on any atom is 0.0898 e. The summed E-state index contributed by atoms with van der Waals surface area (Å²) in [5, 5.41) is 51.4. The summed E-state index contributed by atoms with van der Waals surface area (Å²) in [7, 11) is 0. The topological polar surface area (TPSA) is 199 Å². The van der Waals surface area contributed by atoms with Crippen LogP contribution in [0.2, 0.25) is 0 Å². The third kappa shape index (κ3) is 27.6. The molecule has 15 heteroatoms. The maximum atomic E-state index is 8.56. The molecule has 10 aromatic rings. The van der Waals surface area contributed by atoms with Gasteiger partial charge in [0.05, 0.1) is 65.1 Å². The van der Waals surface area contributed by atoms with Crippen molar-refractivity contribution in [2.45, 2.75) is 118 Å². The van der Waals surface area contributed by atoms with Crippen LogP contribution < -0.4 is 0 Å². The molecular formula is C72H79Ir2N6O6Pt-3. The SMILES string of the molecule is CC(O)CC(C)O.CC(O)CC(C)O.CC(O)CC(C)O.Cc1nc(-c2ccccc2)c(C)nc1-c1[c-]cccc1.Cc1nc(-c2ccccc2)cnc1-c1[c-]cccc1.[Ir].[Ir].[Pt].[c-]1ccccc1-c1ncc(-c2ccccc2)nc1-c1ccccc1. The number of aliphatic hydroxyl groups is 6. The van der Waals surface area contributed by atoms with Gasteiger partial charge in [-0.25, -0.2) is 0 Å². The minimum atomic E-state index is -0.375. The molecule has 3 aromatic heterocycles. The van der Waals surface area contributed by atoms with E-state index in [4.69, 9.17) is 50.6 Å². The van der Waals surface area contributed by atoms with Crippen LogP contribution in [0.3, 0.4) is 0 Å². The number of hydrogen-bond acceptors (Lipinski definition) is 12. The third-order valence-corrected chi connectivity index (χ3v) is 12.1. The van der Waals surface area contributed by atoms with E-state index >= 15 is 0 Å². The number of nitrogens with zero attached hydrogens (tertiary/aromatic N) is 6. The van der Waals surface area contributed by atoms with Gasteiger partial charge in [-0.15, -0.1) is 108 Å². The first-order valence-corrected chi connectivity index (χ1v) is 28.2. The zero-order valence-corrected chi connectivity index (χ0v) is 57.6. The molecule has 464 valence electrons. The van der Waals surface area contributed by atoms with Crippen LogP contribution in [0.1, 0.15) is 77.9 Å². The molecule has 0 bridgehead atoms. The van der Waals surface area contributed by atoms with E-state index in [-0.39, 0.29) is 97.9 Å². The fourth-order valence-corrected chi connectivity index (χ4v) is 8.46. The molecule has 87 heavy (non-hydrogen) atoms. The Balaban J connectivity index is 0.000000379. The second-order valence-corrected chi connectivity index (χ2v) is 20.3. The largest absolute Gasteiger partial charge is 0.393 e. The second kappa shape index (κ2) is 41.6. The smallest absolute Gasteiger partial charge is 0.0898 e. The zero-order chi connectivity index (χ0) is 60.8. The van der Waals surface area contributed by atoms with Crippen molar-refractivity contribution in [3.8, 4) is 78.8 Å². The Morgan fingerprint density at radius 2 is 0.586 bits per heavy atom. The summed E-state index contributed by atoms with van der Waals surface area (Å²) < 4.78 is 0. The first-order valence-electron chi connectivity index (χ1n) is 28.2. The molecule has 0 amide bonds. The zero-order valence-electron chi connectivity index (χ0n) is 50.6. The van der Waals surface area contributed by atoms with Crippen molar-refractivity contribution in [2.24, 2.45) is 0 Å².